The van der Waals surface area contributed by atoms with Crippen LogP contribution in [0.25, 0.3) is 0 Å². The van der Waals surface area contributed by atoms with E-state index >= 15 is 0 Å². The van der Waals surface area contributed by atoms with Crippen molar-refractivity contribution in [1.29, 1.82) is 0 Å². The standard InChI is InChI=1S/C14H23NOS/c1-4-13-5-7-14(8-6-13)11-15-12(2)9-10-17(3)16/h5-8,12,15H,4,9-11H2,1-3H3. The summed E-state index contributed by atoms with van der Waals surface area (Å²) < 4.78 is 11.0. The zero-order chi connectivity index (χ0) is 12.7. The van der Waals surface area contributed by atoms with Gasteiger partial charge in [-0.05, 0) is 30.9 Å². The minimum atomic E-state index is -0.679. The molecule has 0 spiro atoms. The molecule has 3 heteroatoms. The Morgan fingerprint density at radius 3 is 2.35 bits per heavy atom. The van der Waals surface area contributed by atoms with Crippen molar-refractivity contribution in [3.63, 3.8) is 0 Å². The Bertz CT molecular complexity index is 348. The number of aryl methyl sites for hydroxylation is 1. The molecule has 0 aliphatic heterocycles. The maximum Gasteiger partial charge on any atom is 0.0246 e. The lowest BCUT2D eigenvalue weighted by molar-refractivity contribution is 0.535. The fraction of sp³-hybridized carbons (Fsp3) is 0.571. The zero-order valence-electron chi connectivity index (χ0n) is 11.0. The van der Waals surface area contributed by atoms with Crippen molar-refractivity contribution in [2.45, 2.75) is 39.3 Å². The Morgan fingerprint density at radius 2 is 1.82 bits per heavy atom. The first-order valence-electron chi connectivity index (χ1n) is 6.23. The monoisotopic (exact) mass is 253 g/mol. The number of hydrogen-bond acceptors (Lipinski definition) is 2. The highest BCUT2D eigenvalue weighted by molar-refractivity contribution is 7.84. The maximum atomic E-state index is 11.0. The third-order valence-corrected chi connectivity index (χ3v) is 3.73. The molecule has 0 saturated carbocycles. The van der Waals surface area contributed by atoms with Crippen LogP contribution >= 0.6 is 0 Å². The van der Waals surface area contributed by atoms with Crippen LogP contribution in [0.1, 0.15) is 31.4 Å². The Kier molecular flexibility index (Phi) is 6.45. The number of benzene rings is 1. The number of rotatable bonds is 7. The van der Waals surface area contributed by atoms with Crippen LogP contribution in [-0.2, 0) is 23.8 Å². The molecule has 0 amide bonds. The van der Waals surface area contributed by atoms with E-state index in [1.54, 1.807) is 6.26 Å². The first-order chi connectivity index (χ1) is 8.11. The molecular formula is C14H23NOS. The summed E-state index contributed by atoms with van der Waals surface area (Å²) in [4.78, 5) is 0. The second-order valence-corrected chi connectivity index (χ2v) is 6.07. The van der Waals surface area contributed by atoms with E-state index in [4.69, 9.17) is 0 Å². The fourth-order valence-corrected chi connectivity index (χ4v) is 2.32. The van der Waals surface area contributed by atoms with Crippen LogP contribution < -0.4 is 5.32 Å². The molecule has 0 radical (unpaired) electrons. The van der Waals surface area contributed by atoms with Crippen molar-refractivity contribution in [1.82, 2.24) is 5.32 Å². The lowest BCUT2D eigenvalue weighted by Gasteiger charge is -2.13. The van der Waals surface area contributed by atoms with Gasteiger partial charge in [-0.15, -0.1) is 0 Å². The Morgan fingerprint density at radius 1 is 1.24 bits per heavy atom. The van der Waals surface area contributed by atoms with Crippen LogP contribution in [-0.4, -0.2) is 22.3 Å². The SMILES string of the molecule is CCc1ccc(CNC(C)CCS(C)=O)cc1. The highest BCUT2D eigenvalue weighted by Gasteiger charge is 2.02. The van der Waals surface area contributed by atoms with Gasteiger partial charge in [-0.25, -0.2) is 0 Å². The molecule has 0 heterocycles. The van der Waals surface area contributed by atoms with E-state index < -0.39 is 10.8 Å². The van der Waals surface area contributed by atoms with Crippen LogP contribution in [0.4, 0.5) is 0 Å². The molecule has 1 N–H and O–H groups in total. The summed E-state index contributed by atoms with van der Waals surface area (Å²) in [6.07, 6.45) is 3.82. The average molecular weight is 253 g/mol. The lowest BCUT2D eigenvalue weighted by Crippen LogP contribution is -2.26. The zero-order valence-corrected chi connectivity index (χ0v) is 11.8. The summed E-state index contributed by atoms with van der Waals surface area (Å²) in [6.45, 7) is 5.20. The molecule has 0 aliphatic carbocycles. The summed E-state index contributed by atoms with van der Waals surface area (Å²) in [5.41, 5.74) is 2.69. The normalized spacial score (nSPS) is 14.5. The molecule has 1 aromatic carbocycles. The topological polar surface area (TPSA) is 29.1 Å². The van der Waals surface area contributed by atoms with E-state index in [0.29, 0.717) is 6.04 Å². The van der Waals surface area contributed by atoms with Crippen molar-refractivity contribution >= 4 is 10.8 Å². The van der Waals surface area contributed by atoms with Gasteiger partial charge < -0.3 is 5.32 Å². The van der Waals surface area contributed by atoms with Gasteiger partial charge in [0, 0.05) is 35.4 Å². The Hall–Kier alpha value is -0.670. The quantitative estimate of drug-likeness (QED) is 0.809. The second kappa shape index (κ2) is 7.62. The van der Waals surface area contributed by atoms with Gasteiger partial charge in [0.2, 0.25) is 0 Å². The van der Waals surface area contributed by atoms with Crippen LogP contribution in [0, 0.1) is 0 Å². The summed E-state index contributed by atoms with van der Waals surface area (Å²) in [7, 11) is -0.679. The Labute approximate surface area is 107 Å². The third kappa shape index (κ3) is 5.99. The van der Waals surface area contributed by atoms with E-state index in [1.807, 2.05) is 0 Å². The molecule has 0 aromatic heterocycles. The average Bonchev–Trinajstić information content (AvgIpc) is 2.34. The lowest BCUT2D eigenvalue weighted by atomic mass is 10.1. The van der Waals surface area contributed by atoms with Crippen LogP contribution in [0.15, 0.2) is 24.3 Å². The van der Waals surface area contributed by atoms with Gasteiger partial charge in [-0.1, -0.05) is 31.2 Å². The van der Waals surface area contributed by atoms with Gasteiger partial charge in [0.05, 0.1) is 0 Å². The van der Waals surface area contributed by atoms with E-state index in [0.717, 1.165) is 25.1 Å². The van der Waals surface area contributed by atoms with E-state index in [2.05, 4.69) is 43.4 Å². The first-order valence-corrected chi connectivity index (χ1v) is 7.95. The van der Waals surface area contributed by atoms with Gasteiger partial charge in [0.15, 0.2) is 0 Å². The van der Waals surface area contributed by atoms with Crippen molar-refractivity contribution in [2.24, 2.45) is 0 Å². The van der Waals surface area contributed by atoms with Crippen molar-refractivity contribution in [3.8, 4) is 0 Å². The fourth-order valence-electron chi connectivity index (χ4n) is 1.63. The summed E-state index contributed by atoms with van der Waals surface area (Å²) in [5.74, 6) is 0.781. The predicted molar refractivity (Wildman–Crippen MR) is 75.7 cm³/mol. The molecule has 17 heavy (non-hydrogen) atoms. The Balaban J connectivity index is 2.31. The van der Waals surface area contributed by atoms with E-state index in [-0.39, 0.29) is 0 Å². The molecule has 0 saturated heterocycles. The van der Waals surface area contributed by atoms with Crippen molar-refractivity contribution < 1.29 is 4.21 Å². The van der Waals surface area contributed by atoms with E-state index in [9.17, 15) is 4.21 Å². The molecular weight excluding hydrogens is 230 g/mol. The van der Waals surface area contributed by atoms with Crippen LogP contribution in [0.3, 0.4) is 0 Å². The predicted octanol–water partition coefficient (Wildman–Crippen LogP) is 2.50. The summed E-state index contributed by atoms with van der Waals surface area (Å²) in [5, 5.41) is 3.46. The smallest absolute Gasteiger partial charge is 0.0246 e. The molecule has 2 unspecified atom stereocenters. The molecule has 2 nitrogen and oxygen atoms in total. The molecule has 1 rings (SSSR count). The first kappa shape index (κ1) is 14.4. The molecule has 96 valence electrons. The third-order valence-electron chi connectivity index (χ3n) is 2.92. The second-order valence-electron chi connectivity index (χ2n) is 4.52. The van der Waals surface area contributed by atoms with Crippen LogP contribution in [0.2, 0.25) is 0 Å². The van der Waals surface area contributed by atoms with Crippen LogP contribution in [0.5, 0.6) is 0 Å². The minimum absolute atomic E-state index is 0.421. The largest absolute Gasteiger partial charge is 0.310 e. The molecule has 0 fully saturated rings. The summed E-state index contributed by atoms with van der Waals surface area (Å²) >= 11 is 0. The van der Waals surface area contributed by atoms with Crippen molar-refractivity contribution in [2.75, 3.05) is 12.0 Å². The van der Waals surface area contributed by atoms with Gasteiger partial charge in [0.1, 0.15) is 0 Å². The summed E-state index contributed by atoms with van der Waals surface area (Å²) in [6, 6.07) is 9.14. The maximum absolute atomic E-state index is 11.0. The van der Waals surface area contributed by atoms with E-state index in [1.165, 1.54) is 11.1 Å². The molecule has 0 bridgehead atoms. The molecule has 1 aromatic rings. The highest BCUT2D eigenvalue weighted by Crippen LogP contribution is 2.05. The van der Waals surface area contributed by atoms with Crippen molar-refractivity contribution in [3.05, 3.63) is 35.4 Å². The van der Waals surface area contributed by atoms with Gasteiger partial charge in [-0.3, -0.25) is 4.21 Å². The van der Waals surface area contributed by atoms with Gasteiger partial charge in [0.25, 0.3) is 0 Å². The highest BCUT2D eigenvalue weighted by atomic mass is 32.2. The minimum Gasteiger partial charge on any atom is -0.310 e. The number of nitrogens with one attached hydrogen (secondary N) is 1. The van der Waals surface area contributed by atoms with Gasteiger partial charge >= 0.3 is 0 Å². The molecule has 0 aliphatic rings. The molecule has 2 atom stereocenters. The van der Waals surface area contributed by atoms with Gasteiger partial charge in [-0.2, -0.15) is 0 Å². The number of hydrogen-bond donors (Lipinski definition) is 1.